The van der Waals surface area contributed by atoms with Crippen molar-refractivity contribution < 1.29 is 5.11 Å². The summed E-state index contributed by atoms with van der Waals surface area (Å²) in [6, 6.07) is 0. The number of aromatic hydroxyl groups is 1. The zero-order valence-corrected chi connectivity index (χ0v) is 11.1. The number of pyridine rings is 1. The van der Waals surface area contributed by atoms with Crippen molar-refractivity contribution in [2.45, 2.75) is 20.8 Å². The number of nitrogens with zero attached hydrogens (tertiary/aromatic N) is 3. The van der Waals surface area contributed by atoms with Gasteiger partial charge in [-0.2, -0.15) is 0 Å². The first-order chi connectivity index (χ1) is 8.00. The van der Waals surface area contributed by atoms with Gasteiger partial charge in [0.2, 0.25) is 0 Å². The largest absolute Gasteiger partial charge is 0.506 e. The van der Waals surface area contributed by atoms with E-state index >= 15 is 0 Å². The van der Waals surface area contributed by atoms with Crippen molar-refractivity contribution in [2.75, 3.05) is 38.1 Å². The second-order valence-corrected chi connectivity index (χ2v) is 4.91. The first-order valence-corrected chi connectivity index (χ1v) is 6.11. The molecule has 0 spiro atoms. The number of anilines is 1. The average Bonchev–Trinajstić information content (AvgIpc) is 2.32. The van der Waals surface area contributed by atoms with Gasteiger partial charge in [-0.25, -0.2) is 4.98 Å². The lowest BCUT2D eigenvalue weighted by Crippen LogP contribution is -2.45. The van der Waals surface area contributed by atoms with E-state index in [-0.39, 0.29) is 0 Å². The SMILES string of the molecule is Cc1nc(N2CCN(C)CC2)c(C)c(C)c1O. The molecule has 1 fully saturated rings. The summed E-state index contributed by atoms with van der Waals surface area (Å²) in [6.45, 7) is 10.0. The van der Waals surface area contributed by atoms with Crippen molar-refractivity contribution in [3.05, 3.63) is 16.8 Å². The summed E-state index contributed by atoms with van der Waals surface area (Å²) in [7, 11) is 2.14. The van der Waals surface area contributed by atoms with E-state index in [1.54, 1.807) is 0 Å². The van der Waals surface area contributed by atoms with Gasteiger partial charge in [0.1, 0.15) is 11.6 Å². The topological polar surface area (TPSA) is 39.6 Å². The van der Waals surface area contributed by atoms with Crippen molar-refractivity contribution in [3.63, 3.8) is 0 Å². The number of aromatic nitrogens is 1. The summed E-state index contributed by atoms with van der Waals surface area (Å²) < 4.78 is 0. The van der Waals surface area contributed by atoms with Crippen molar-refractivity contribution in [1.82, 2.24) is 9.88 Å². The van der Waals surface area contributed by atoms with Crippen molar-refractivity contribution in [1.29, 1.82) is 0 Å². The Morgan fingerprint density at radius 2 is 1.59 bits per heavy atom. The summed E-state index contributed by atoms with van der Waals surface area (Å²) in [5.41, 5.74) is 2.77. The molecule has 1 saturated heterocycles. The third-order valence-electron chi connectivity index (χ3n) is 3.67. The molecule has 17 heavy (non-hydrogen) atoms. The first-order valence-electron chi connectivity index (χ1n) is 6.11. The molecule has 0 saturated carbocycles. The molecule has 0 atom stereocenters. The van der Waals surface area contributed by atoms with Gasteiger partial charge in [0.15, 0.2) is 0 Å². The highest BCUT2D eigenvalue weighted by Crippen LogP contribution is 2.29. The van der Waals surface area contributed by atoms with Gasteiger partial charge in [-0.15, -0.1) is 0 Å². The molecule has 4 heteroatoms. The van der Waals surface area contributed by atoms with Crippen molar-refractivity contribution in [2.24, 2.45) is 0 Å². The van der Waals surface area contributed by atoms with Crippen LogP contribution in [0.4, 0.5) is 5.82 Å². The van der Waals surface area contributed by atoms with Gasteiger partial charge in [0, 0.05) is 26.2 Å². The molecule has 1 aromatic heterocycles. The summed E-state index contributed by atoms with van der Waals surface area (Å²) in [5, 5.41) is 9.86. The quantitative estimate of drug-likeness (QED) is 0.800. The molecule has 0 unspecified atom stereocenters. The first kappa shape index (κ1) is 12.2. The second kappa shape index (κ2) is 4.53. The Balaban J connectivity index is 2.33. The molecule has 0 radical (unpaired) electrons. The Kier molecular flexibility index (Phi) is 3.24. The van der Waals surface area contributed by atoms with Crippen LogP contribution in [-0.4, -0.2) is 48.2 Å². The van der Waals surface area contributed by atoms with Crippen LogP contribution >= 0.6 is 0 Å². The van der Waals surface area contributed by atoms with E-state index in [4.69, 9.17) is 0 Å². The monoisotopic (exact) mass is 235 g/mol. The van der Waals surface area contributed by atoms with Crippen LogP contribution in [0.25, 0.3) is 0 Å². The predicted octanol–water partition coefficient (Wildman–Crippen LogP) is 1.46. The second-order valence-electron chi connectivity index (χ2n) is 4.91. The predicted molar refractivity (Wildman–Crippen MR) is 69.8 cm³/mol. The number of hydrogen-bond acceptors (Lipinski definition) is 4. The zero-order chi connectivity index (χ0) is 12.6. The number of likely N-dealkylation sites (N-methyl/N-ethyl adjacent to an activating group) is 1. The standard InChI is InChI=1S/C13H21N3O/c1-9-10(2)13(14-11(3)12(9)17)16-7-5-15(4)6-8-16/h17H,5-8H2,1-4H3. The van der Waals surface area contributed by atoms with Crippen LogP contribution in [0.2, 0.25) is 0 Å². The normalized spacial score (nSPS) is 17.5. The van der Waals surface area contributed by atoms with E-state index in [0.717, 1.165) is 48.8 Å². The third-order valence-corrected chi connectivity index (χ3v) is 3.67. The minimum absolute atomic E-state index is 0.334. The van der Waals surface area contributed by atoms with Gasteiger partial charge in [-0.1, -0.05) is 0 Å². The summed E-state index contributed by atoms with van der Waals surface area (Å²) >= 11 is 0. The lowest BCUT2D eigenvalue weighted by molar-refractivity contribution is 0.311. The fourth-order valence-electron chi connectivity index (χ4n) is 2.24. The molecule has 0 aromatic carbocycles. The molecule has 1 N–H and O–H groups in total. The molecule has 1 aliphatic heterocycles. The van der Waals surface area contributed by atoms with Crippen molar-refractivity contribution in [3.8, 4) is 5.75 Å². The van der Waals surface area contributed by atoms with E-state index in [9.17, 15) is 5.11 Å². The maximum absolute atomic E-state index is 9.86. The Hall–Kier alpha value is -1.29. The van der Waals surface area contributed by atoms with Gasteiger partial charge < -0.3 is 14.9 Å². The molecular formula is C13H21N3O. The van der Waals surface area contributed by atoms with Gasteiger partial charge in [0.25, 0.3) is 0 Å². The van der Waals surface area contributed by atoms with Gasteiger partial charge in [-0.3, -0.25) is 0 Å². The Bertz CT molecular complexity index is 423. The average molecular weight is 235 g/mol. The molecule has 4 nitrogen and oxygen atoms in total. The number of aryl methyl sites for hydroxylation is 1. The number of piperazine rings is 1. The van der Waals surface area contributed by atoms with Crippen LogP contribution in [-0.2, 0) is 0 Å². The molecule has 2 heterocycles. The summed E-state index contributed by atoms with van der Waals surface area (Å²) in [4.78, 5) is 9.18. The van der Waals surface area contributed by atoms with Crippen LogP contribution in [0, 0.1) is 20.8 Å². The maximum Gasteiger partial charge on any atom is 0.140 e. The van der Waals surface area contributed by atoms with E-state index in [2.05, 4.69) is 21.8 Å². The fourth-order valence-corrected chi connectivity index (χ4v) is 2.24. The molecule has 0 aliphatic carbocycles. The third kappa shape index (κ3) is 2.22. The van der Waals surface area contributed by atoms with Crippen LogP contribution < -0.4 is 4.90 Å². The molecule has 0 bridgehead atoms. The Morgan fingerprint density at radius 3 is 2.18 bits per heavy atom. The van der Waals surface area contributed by atoms with E-state index in [0.29, 0.717) is 5.75 Å². The Morgan fingerprint density at radius 1 is 1.00 bits per heavy atom. The van der Waals surface area contributed by atoms with Gasteiger partial charge in [-0.05, 0) is 38.9 Å². The number of hydrogen-bond donors (Lipinski definition) is 1. The smallest absolute Gasteiger partial charge is 0.140 e. The minimum Gasteiger partial charge on any atom is -0.506 e. The lowest BCUT2D eigenvalue weighted by Gasteiger charge is -2.34. The molecule has 0 amide bonds. The summed E-state index contributed by atoms with van der Waals surface area (Å²) in [6.07, 6.45) is 0. The highest BCUT2D eigenvalue weighted by molar-refractivity contribution is 5.56. The van der Waals surface area contributed by atoms with Gasteiger partial charge >= 0.3 is 0 Å². The maximum atomic E-state index is 9.86. The van der Waals surface area contributed by atoms with Crippen LogP contribution in [0.5, 0.6) is 5.75 Å². The summed E-state index contributed by atoms with van der Waals surface area (Å²) in [5.74, 6) is 1.37. The van der Waals surface area contributed by atoms with Crippen LogP contribution in [0.3, 0.4) is 0 Å². The highest BCUT2D eigenvalue weighted by Gasteiger charge is 2.19. The molecule has 94 valence electrons. The zero-order valence-electron chi connectivity index (χ0n) is 11.1. The van der Waals surface area contributed by atoms with E-state index in [1.807, 2.05) is 20.8 Å². The molecule has 1 aromatic rings. The molecule has 2 rings (SSSR count). The van der Waals surface area contributed by atoms with Crippen molar-refractivity contribution >= 4 is 5.82 Å². The minimum atomic E-state index is 0.334. The number of rotatable bonds is 1. The lowest BCUT2D eigenvalue weighted by atomic mass is 10.1. The van der Waals surface area contributed by atoms with Crippen LogP contribution in [0.1, 0.15) is 16.8 Å². The van der Waals surface area contributed by atoms with Crippen LogP contribution in [0.15, 0.2) is 0 Å². The fraction of sp³-hybridized carbons (Fsp3) is 0.615. The Labute approximate surface area is 103 Å². The van der Waals surface area contributed by atoms with E-state index in [1.165, 1.54) is 0 Å². The molecular weight excluding hydrogens is 214 g/mol. The van der Waals surface area contributed by atoms with E-state index < -0.39 is 0 Å². The highest BCUT2D eigenvalue weighted by atomic mass is 16.3. The molecule has 1 aliphatic rings. The van der Waals surface area contributed by atoms with Gasteiger partial charge in [0.05, 0.1) is 5.69 Å².